The van der Waals surface area contributed by atoms with Crippen molar-refractivity contribution in [2.45, 2.75) is 32.6 Å². The van der Waals surface area contributed by atoms with E-state index in [9.17, 15) is 4.79 Å². The fourth-order valence-corrected chi connectivity index (χ4v) is 2.59. The van der Waals surface area contributed by atoms with Gasteiger partial charge in [0.1, 0.15) is 0 Å². The Labute approximate surface area is 108 Å². The lowest BCUT2D eigenvalue weighted by molar-refractivity contribution is -0.137. The molecule has 0 fully saturated rings. The Morgan fingerprint density at radius 1 is 1.44 bits per heavy atom. The number of carbonyl (C=O) groups is 1. The molecule has 3 heteroatoms. The van der Waals surface area contributed by atoms with Gasteiger partial charge >= 0.3 is 5.97 Å². The van der Waals surface area contributed by atoms with Crippen LogP contribution in [0.5, 0.6) is 0 Å². The Morgan fingerprint density at radius 2 is 2.17 bits per heavy atom. The minimum absolute atomic E-state index is 0.144. The van der Waals surface area contributed by atoms with Crippen LogP contribution in [0, 0.1) is 5.92 Å². The van der Waals surface area contributed by atoms with Gasteiger partial charge in [0, 0.05) is 24.7 Å². The van der Waals surface area contributed by atoms with E-state index in [1.807, 2.05) is 12.1 Å². The Bertz CT molecular complexity index is 428. The Kier molecular flexibility index (Phi) is 3.90. The highest BCUT2D eigenvalue weighted by Crippen LogP contribution is 2.38. The molecule has 0 saturated carbocycles. The average molecular weight is 247 g/mol. The fourth-order valence-electron chi connectivity index (χ4n) is 2.59. The van der Waals surface area contributed by atoms with Crippen molar-refractivity contribution in [3.8, 4) is 0 Å². The lowest BCUT2D eigenvalue weighted by Crippen LogP contribution is -2.24. The summed E-state index contributed by atoms with van der Waals surface area (Å²) in [5, 5.41) is 8.99. The zero-order valence-electron chi connectivity index (χ0n) is 11.1. The number of nitrogens with zero attached hydrogens (tertiary/aromatic N) is 1. The SMILES string of the molecule is CC(C)CCN1CC(CC(=O)O)c2ccccc21. The molecule has 1 aromatic carbocycles. The van der Waals surface area contributed by atoms with E-state index in [-0.39, 0.29) is 12.3 Å². The van der Waals surface area contributed by atoms with Crippen molar-refractivity contribution in [3.63, 3.8) is 0 Å². The third-order valence-corrected chi connectivity index (χ3v) is 3.56. The van der Waals surface area contributed by atoms with Gasteiger partial charge in [0.25, 0.3) is 0 Å². The van der Waals surface area contributed by atoms with Crippen LogP contribution in [0.25, 0.3) is 0 Å². The summed E-state index contributed by atoms with van der Waals surface area (Å²) >= 11 is 0. The number of fused-ring (bicyclic) bond motifs is 1. The molecule has 0 saturated heterocycles. The van der Waals surface area contributed by atoms with Crippen molar-refractivity contribution in [2.75, 3.05) is 18.0 Å². The minimum atomic E-state index is -0.708. The van der Waals surface area contributed by atoms with E-state index in [0.717, 1.165) is 19.5 Å². The molecule has 0 radical (unpaired) electrons. The quantitative estimate of drug-likeness (QED) is 0.869. The molecule has 1 N–H and O–H groups in total. The number of rotatable bonds is 5. The maximum absolute atomic E-state index is 10.9. The number of carboxylic acid groups (broad SMARTS) is 1. The van der Waals surface area contributed by atoms with Crippen LogP contribution < -0.4 is 4.90 Å². The standard InChI is InChI=1S/C15H21NO2/c1-11(2)7-8-16-10-12(9-15(17)18)13-5-3-4-6-14(13)16/h3-6,11-12H,7-10H2,1-2H3,(H,17,18). The monoisotopic (exact) mass is 247 g/mol. The van der Waals surface area contributed by atoms with Gasteiger partial charge in [0.05, 0.1) is 6.42 Å². The number of benzene rings is 1. The van der Waals surface area contributed by atoms with Crippen molar-refractivity contribution in [1.29, 1.82) is 0 Å². The second-order valence-electron chi connectivity index (χ2n) is 5.48. The molecule has 1 aliphatic rings. The molecule has 18 heavy (non-hydrogen) atoms. The molecule has 1 atom stereocenters. The Hall–Kier alpha value is -1.51. The molecule has 0 aromatic heterocycles. The van der Waals surface area contributed by atoms with Crippen LogP contribution in [-0.4, -0.2) is 24.2 Å². The van der Waals surface area contributed by atoms with E-state index in [1.165, 1.54) is 11.3 Å². The van der Waals surface area contributed by atoms with Crippen LogP contribution in [0.2, 0.25) is 0 Å². The Balaban J connectivity index is 2.14. The lowest BCUT2D eigenvalue weighted by Gasteiger charge is -2.20. The molecule has 3 nitrogen and oxygen atoms in total. The minimum Gasteiger partial charge on any atom is -0.481 e. The molecule has 1 heterocycles. The van der Waals surface area contributed by atoms with Crippen LogP contribution in [-0.2, 0) is 4.79 Å². The van der Waals surface area contributed by atoms with Gasteiger partial charge in [-0.3, -0.25) is 4.79 Å². The number of para-hydroxylation sites is 1. The van der Waals surface area contributed by atoms with Gasteiger partial charge in [-0.1, -0.05) is 32.0 Å². The summed E-state index contributed by atoms with van der Waals surface area (Å²) in [6.45, 7) is 6.30. The summed E-state index contributed by atoms with van der Waals surface area (Å²) in [6.07, 6.45) is 1.38. The van der Waals surface area contributed by atoms with Crippen molar-refractivity contribution < 1.29 is 9.90 Å². The normalized spacial score (nSPS) is 18.2. The zero-order valence-corrected chi connectivity index (χ0v) is 11.1. The maximum Gasteiger partial charge on any atom is 0.304 e. The number of anilines is 1. The molecule has 0 amide bonds. The first-order valence-corrected chi connectivity index (χ1v) is 6.63. The van der Waals surface area contributed by atoms with Crippen molar-refractivity contribution in [2.24, 2.45) is 5.92 Å². The summed E-state index contributed by atoms with van der Waals surface area (Å²) in [4.78, 5) is 13.3. The summed E-state index contributed by atoms with van der Waals surface area (Å²) < 4.78 is 0. The van der Waals surface area contributed by atoms with E-state index in [1.54, 1.807) is 0 Å². The van der Waals surface area contributed by atoms with Crippen LogP contribution >= 0.6 is 0 Å². The van der Waals surface area contributed by atoms with E-state index in [2.05, 4.69) is 30.9 Å². The maximum atomic E-state index is 10.9. The predicted molar refractivity (Wildman–Crippen MR) is 73.1 cm³/mol. The van der Waals surface area contributed by atoms with Crippen molar-refractivity contribution in [3.05, 3.63) is 29.8 Å². The third kappa shape index (κ3) is 2.84. The highest BCUT2D eigenvalue weighted by molar-refractivity contribution is 5.71. The zero-order chi connectivity index (χ0) is 13.1. The first kappa shape index (κ1) is 12.9. The van der Waals surface area contributed by atoms with E-state index in [0.29, 0.717) is 5.92 Å². The first-order chi connectivity index (χ1) is 8.58. The van der Waals surface area contributed by atoms with Gasteiger partial charge in [-0.15, -0.1) is 0 Å². The molecule has 1 aromatic rings. The molecule has 0 spiro atoms. The summed E-state index contributed by atoms with van der Waals surface area (Å²) in [5.74, 6) is 0.113. The van der Waals surface area contributed by atoms with Crippen molar-refractivity contribution in [1.82, 2.24) is 0 Å². The second kappa shape index (κ2) is 5.42. The molecule has 0 aliphatic carbocycles. The van der Waals surface area contributed by atoms with Crippen LogP contribution in [0.15, 0.2) is 24.3 Å². The molecule has 1 aliphatic heterocycles. The van der Waals surface area contributed by atoms with Crippen molar-refractivity contribution >= 4 is 11.7 Å². The topological polar surface area (TPSA) is 40.5 Å². The largest absolute Gasteiger partial charge is 0.481 e. The number of hydrogen-bond acceptors (Lipinski definition) is 2. The number of aliphatic carboxylic acids is 1. The molecular weight excluding hydrogens is 226 g/mol. The Morgan fingerprint density at radius 3 is 2.83 bits per heavy atom. The number of carboxylic acids is 1. The molecule has 98 valence electrons. The molecule has 0 bridgehead atoms. The van der Waals surface area contributed by atoms with E-state index >= 15 is 0 Å². The van der Waals surface area contributed by atoms with Gasteiger partial charge in [0.2, 0.25) is 0 Å². The highest BCUT2D eigenvalue weighted by atomic mass is 16.4. The number of hydrogen-bond donors (Lipinski definition) is 1. The van der Waals surface area contributed by atoms with Gasteiger partial charge < -0.3 is 10.0 Å². The van der Waals surface area contributed by atoms with Gasteiger partial charge in [-0.2, -0.15) is 0 Å². The lowest BCUT2D eigenvalue weighted by atomic mass is 9.98. The van der Waals surface area contributed by atoms with Crippen LogP contribution in [0.4, 0.5) is 5.69 Å². The van der Waals surface area contributed by atoms with Crippen LogP contribution in [0.3, 0.4) is 0 Å². The molecule has 1 unspecified atom stereocenters. The summed E-state index contributed by atoms with van der Waals surface area (Å²) in [5.41, 5.74) is 2.42. The smallest absolute Gasteiger partial charge is 0.304 e. The third-order valence-electron chi connectivity index (χ3n) is 3.56. The van der Waals surface area contributed by atoms with E-state index < -0.39 is 5.97 Å². The van der Waals surface area contributed by atoms with Crippen LogP contribution in [0.1, 0.15) is 38.2 Å². The van der Waals surface area contributed by atoms with Gasteiger partial charge in [0.15, 0.2) is 0 Å². The molecule has 2 rings (SSSR count). The second-order valence-corrected chi connectivity index (χ2v) is 5.48. The molecular formula is C15H21NO2. The summed E-state index contributed by atoms with van der Waals surface area (Å²) in [6, 6.07) is 8.21. The predicted octanol–water partition coefficient (Wildman–Crippen LogP) is 3.11. The van der Waals surface area contributed by atoms with Gasteiger partial charge in [-0.05, 0) is 24.0 Å². The summed E-state index contributed by atoms with van der Waals surface area (Å²) in [7, 11) is 0. The first-order valence-electron chi connectivity index (χ1n) is 6.63. The average Bonchev–Trinajstić information content (AvgIpc) is 2.65. The van der Waals surface area contributed by atoms with E-state index in [4.69, 9.17) is 5.11 Å². The van der Waals surface area contributed by atoms with Gasteiger partial charge in [-0.25, -0.2) is 0 Å². The fraction of sp³-hybridized carbons (Fsp3) is 0.533. The highest BCUT2D eigenvalue weighted by Gasteiger charge is 2.29.